The maximum Gasteiger partial charge on any atom is 0.223 e. The quantitative estimate of drug-likeness (QED) is 0.809. The maximum atomic E-state index is 5.52. The van der Waals surface area contributed by atoms with E-state index in [9.17, 15) is 0 Å². The van der Waals surface area contributed by atoms with E-state index in [4.69, 9.17) is 18.0 Å². The van der Waals surface area contributed by atoms with Gasteiger partial charge in [0.15, 0.2) is 0 Å². The lowest BCUT2D eigenvalue weighted by Gasteiger charge is -2.07. The second-order valence-electron chi connectivity index (χ2n) is 3.79. The van der Waals surface area contributed by atoms with Gasteiger partial charge in [-0.05, 0) is 30.2 Å². The molecule has 3 N–H and O–H groups in total. The van der Waals surface area contributed by atoms with Gasteiger partial charge in [0.1, 0.15) is 10.7 Å². The summed E-state index contributed by atoms with van der Waals surface area (Å²) in [6.45, 7) is 2.64. The van der Waals surface area contributed by atoms with Crippen molar-refractivity contribution in [3.8, 4) is 0 Å². The Morgan fingerprint density at radius 1 is 1.39 bits per heavy atom. The maximum absolute atomic E-state index is 5.52. The van der Waals surface area contributed by atoms with E-state index in [1.54, 1.807) is 18.5 Å². The number of nitrogens with two attached hydrogens (primary N) is 1. The van der Waals surface area contributed by atoms with Gasteiger partial charge < -0.3 is 11.1 Å². The van der Waals surface area contributed by atoms with Crippen LogP contribution in [0, 0.1) is 6.92 Å². The smallest absolute Gasteiger partial charge is 0.223 e. The molecule has 0 aliphatic rings. The topological polar surface area (TPSA) is 76.7 Å². The fraction of sp³-hybridized carbons (Fsp3) is 0.167. The lowest BCUT2D eigenvalue weighted by Crippen LogP contribution is -2.13. The number of nitrogens with one attached hydrogen (secondary N) is 1. The molecular formula is C12H13N5S. The first-order valence-corrected chi connectivity index (χ1v) is 5.84. The van der Waals surface area contributed by atoms with Crippen LogP contribution in [-0.4, -0.2) is 19.9 Å². The van der Waals surface area contributed by atoms with Crippen LogP contribution in [-0.2, 0) is 6.54 Å². The largest absolute Gasteiger partial charge is 0.388 e. The highest BCUT2D eigenvalue weighted by Gasteiger charge is 2.02. The van der Waals surface area contributed by atoms with Gasteiger partial charge in [-0.1, -0.05) is 12.2 Å². The molecule has 2 aromatic heterocycles. The Morgan fingerprint density at radius 3 is 2.94 bits per heavy atom. The van der Waals surface area contributed by atoms with Crippen LogP contribution >= 0.6 is 12.2 Å². The van der Waals surface area contributed by atoms with Crippen LogP contribution < -0.4 is 11.1 Å². The van der Waals surface area contributed by atoms with Gasteiger partial charge in [0, 0.05) is 25.1 Å². The molecule has 0 amide bonds. The van der Waals surface area contributed by atoms with Crippen molar-refractivity contribution in [3.63, 3.8) is 0 Å². The summed E-state index contributed by atoms with van der Waals surface area (Å²) in [6.07, 6.45) is 5.21. The van der Waals surface area contributed by atoms with Crippen molar-refractivity contribution >= 4 is 23.2 Å². The monoisotopic (exact) mass is 259 g/mol. The molecule has 2 aromatic rings. The highest BCUT2D eigenvalue weighted by Crippen LogP contribution is 2.08. The minimum atomic E-state index is 0.264. The summed E-state index contributed by atoms with van der Waals surface area (Å²) in [7, 11) is 0. The van der Waals surface area contributed by atoms with Gasteiger partial charge >= 0.3 is 0 Å². The molecule has 5 nitrogen and oxygen atoms in total. The van der Waals surface area contributed by atoms with Crippen LogP contribution in [0.15, 0.2) is 30.7 Å². The van der Waals surface area contributed by atoms with E-state index in [1.165, 1.54) is 0 Å². The van der Waals surface area contributed by atoms with Crippen LogP contribution in [0.1, 0.15) is 16.8 Å². The van der Waals surface area contributed by atoms with E-state index in [0.717, 1.165) is 11.1 Å². The third-order valence-corrected chi connectivity index (χ3v) is 2.69. The molecule has 92 valence electrons. The standard InChI is InChI=1S/C12H13N5S/c1-8-6-14-4-2-9(8)7-16-12-15-5-3-10(17-12)11(13)18/h2-6H,7H2,1H3,(H2,13,18)(H,15,16,17). The van der Waals surface area contributed by atoms with Gasteiger partial charge in [0.2, 0.25) is 5.95 Å². The van der Waals surface area contributed by atoms with Crippen LogP contribution in [0.4, 0.5) is 5.95 Å². The van der Waals surface area contributed by atoms with Gasteiger partial charge in [-0.25, -0.2) is 9.97 Å². The molecule has 2 rings (SSSR count). The fourth-order valence-electron chi connectivity index (χ4n) is 1.46. The molecule has 0 unspecified atom stereocenters. The molecule has 0 saturated heterocycles. The number of nitrogens with zero attached hydrogens (tertiary/aromatic N) is 3. The zero-order valence-corrected chi connectivity index (χ0v) is 10.7. The highest BCUT2D eigenvalue weighted by atomic mass is 32.1. The van der Waals surface area contributed by atoms with Gasteiger partial charge in [-0.2, -0.15) is 0 Å². The molecule has 0 radical (unpaired) electrons. The Labute approximate surface area is 110 Å². The number of aryl methyl sites for hydroxylation is 1. The minimum Gasteiger partial charge on any atom is -0.388 e. The van der Waals surface area contributed by atoms with Crippen LogP contribution in [0.2, 0.25) is 0 Å². The number of hydrogen-bond acceptors (Lipinski definition) is 5. The van der Waals surface area contributed by atoms with Crippen molar-refractivity contribution in [3.05, 3.63) is 47.5 Å². The zero-order chi connectivity index (χ0) is 13.0. The minimum absolute atomic E-state index is 0.264. The number of anilines is 1. The summed E-state index contributed by atoms with van der Waals surface area (Å²) in [4.78, 5) is 12.6. The lowest BCUT2D eigenvalue weighted by molar-refractivity contribution is 1.03. The Morgan fingerprint density at radius 2 is 2.22 bits per heavy atom. The van der Waals surface area contributed by atoms with Gasteiger partial charge in [-0.15, -0.1) is 0 Å². The molecule has 0 saturated carbocycles. The molecule has 0 bridgehead atoms. The summed E-state index contributed by atoms with van der Waals surface area (Å²) in [5.74, 6) is 0.511. The predicted octanol–water partition coefficient (Wildman–Crippen LogP) is 1.43. The molecule has 0 fully saturated rings. The van der Waals surface area contributed by atoms with E-state index >= 15 is 0 Å². The van der Waals surface area contributed by atoms with Crippen LogP contribution in [0.25, 0.3) is 0 Å². The number of rotatable bonds is 4. The number of aromatic nitrogens is 3. The van der Waals surface area contributed by atoms with Crippen molar-refractivity contribution in [1.29, 1.82) is 0 Å². The second kappa shape index (κ2) is 5.50. The van der Waals surface area contributed by atoms with Gasteiger partial charge in [0.25, 0.3) is 0 Å². The summed E-state index contributed by atoms with van der Waals surface area (Å²) >= 11 is 4.87. The third kappa shape index (κ3) is 2.98. The van der Waals surface area contributed by atoms with E-state index in [2.05, 4.69) is 20.3 Å². The first-order valence-electron chi connectivity index (χ1n) is 5.43. The summed E-state index contributed by atoms with van der Waals surface area (Å²) in [5.41, 5.74) is 8.35. The van der Waals surface area contributed by atoms with E-state index in [0.29, 0.717) is 18.2 Å². The normalized spacial score (nSPS) is 10.1. The first-order chi connectivity index (χ1) is 8.66. The third-order valence-electron chi connectivity index (χ3n) is 2.48. The number of thiocarbonyl (C=S) groups is 1. The molecule has 0 spiro atoms. The summed E-state index contributed by atoms with van der Waals surface area (Å²) in [6, 6.07) is 3.64. The van der Waals surface area contributed by atoms with Crippen LogP contribution in [0.5, 0.6) is 0 Å². The highest BCUT2D eigenvalue weighted by molar-refractivity contribution is 7.80. The molecule has 0 aromatic carbocycles. The van der Waals surface area contributed by atoms with Crippen molar-refractivity contribution in [1.82, 2.24) is 15.0 Å². The molecule has 0 atom stereocenters. The molecule has 2 heterocycles. The van der Waals surface area contributed by atoms with E-state index in [-0.39, 0.29) is 4.99 Å². The lowest BCUT2D eigenvalue weighted by atomic mass is 10.1. The molecular weight excluding hydrogens is 246 g/mol. The van der Waals surface area contributed by atoms with Gasteiger partial charge in [0.05, 0.1) is 0 Å². The molecule has 0 aliphatic carbocycles. The van der Waals surface area contributed by atoms with Crippen molar-refractivity contribution in [2.24, 2.45) is 5.73 Å². The van der Waals surface area contributed by atoms with Crippen molar-refractivity contribution < 1.29 is 0 Å². The Kier molecular flexibility index (Phi) is 3.78. The molecule has 0 aliphatic heterocycles. The summed E-state index contributed by atoms with van der Waals surface area (Å²) in [5, 5.41) is 3.13. The molecule has 6 heteroatoms. The first kappa shape index (κ1) is 12.4. The average molecular weight is 259 g/mol. The van der Waals surface area contributed by atoms with Crippen molar-refractivity contribution in [2.75, 3.05) is 5.32 Å². The van der Waals surface area contributed by atoms with Crippen molar-refractivity contribution in [2.45, 2.75) is 13.5 Å². The van der Waals surface area contributed by atoms with E-state index in [1.807, 2.05) is 19.2 Å². The van der Waals surface area contributed by atoms with E-state index < -0.39 is 0 Å². The predicted molar refractivity (Wildman–Crippen MR) is 74.2 cm³/mol. The second-order valence-corrected chi connectivity index (χ2v) is 4.23. The summed E-state index contributed by atoms with van der Waals surface area (Å²) < 4.78 is 0. The average Bonchev–Trinajstić information content (AvgIpc) is 2.38. The zero-order valence-electron chi connectivity index (χ0n) is 9.92. The Hall–Kier alpha value is -2.08. The fourth-order valence-corrected chi connectivity index (χ4v) is 1.57. The van der Waals surface area contributed by atoms with Gasteiger partial charge in [-0.3, -0.25) is 4.98 Å². The Balaban J connectivity index is 2.09. The molecule has 18 heavy (non-hydrogen) atoms. The number of hydrogen-bond donors (Lipinski definition) is 2. The van der Waals surface area contributed by atoms with Crippen LogP contribution in [0.3, 0.4) is 0 Å². The Bertz CT molecular complexity index is 570. The number of pyridine rings is 1. The SMILES string of the molecule is Cc1cnccc1CNc1nccc(C(N)=S)n1.